The minimum atomic E-state index is -5.09. The average molecular weight is 654 g/mol. The average Bonchev–Trinajstić information content (AvgIpc) is 3.57. The highest BCUT2D eigenvalue weighted by Gasteiger charge is 2.54. The van der Waals surface area contributed by atoms with Gasteiger partial charge in [0.25, 0.3) is 0 Å². The molecule has 42 heavy (non-hydrogen) atoms. The van der Waals surface area contributed by atoms with Crippen LogP contribution in [0.4, 0.5) is 20.4 Å². The van der Waals surface area contributed by atoms with Gasteiger partial charge in [0, 0.05) is 6.20 Å². The van der Waals surface area contributed by atoms with Crippen LogP contribution in [0.5, 0.6) is 0 Å². The summed E-state index contributed by atoms with van der Waals surface area (Å²) in [5, 5.41) is 0. The molecule has 0 bridgehead atoms. The Labute approximate surface area is 238 Å². The van der Waals surface area contributed by atoms with Gasteiger partial charge in [0.2, 0.25) is 0 Å². The second-order valence-corrected chi connectivity index (χ2v) is 13.5. The summed E-state index contributed by atoms with van der Waals surface area (Å²) in [5.41, 5.74) is 10.5. The van der Waals surface area contributed by atoms with E-state index in [9.17, 15) is 19.1 Å². The van der Waals surface area contributed by atoms with Crippen molar-refractivity contribution in [2.45, 2.75) is 49.2 Å². The molecule has 3 saturated heterocycles. The number of alkyl halides is 2. The molecule has 3 aliphatic rings. The third-order valence-electron chi connectivity index (χ3n) is 6.63. The number of aromatic nitrogens is 6. The lowest BCUT2D eigenvalue weighted by Gasteiger charge is -2.28. The Kier molecular flexibility index (Phi) is 7.64. The van der Waals surface area contributed by atoms with Crippen LogP contribution < -0.4 is 17.2 Å². The molecule has 228 valence electrons. The van der Waals surface area contributed by atoms with Crippen molar-refractivity contribution < 1.29 is 50.7 Å². The number of halogens is 2. The number of nitrogens with two attached hydrogens (primary N) is 2. The first-order valence-corrected chi connectivity index (χ1v) is 16.1. The molecule has 0 amide bonds. The number of ether oxygens (including phenoxy) is 2. The summed E-state index contributed by atoms with van der Waals surface area (Å²) in [6.45, 7) is -5.92. The van der Waals surface area contributed by atoms with E-state index in [1.807, 2.05) is 0 Å². The number of hydrogen-bond acceptors (Lipinski definition) is 15. The topological polar surface area (TPSA) is 243 Å². The van der Waals surface area contributed by atoms with Crippen LogP contribution in [0.25, 0.3) is 11.2 Å². The van der Waals surface area contributed by atoms with E-state index >= 15 is 8.78 Å². The van der Waals surface area contributed by atoms with Crippen LogP contribution >= 0.6 is 14.5 Å². The minimum absolute atomic E-state index is 0.0170. The number of hydrogen-bond donors (Lipinski definition) is 4. The lowest BCUT2D eigenvalue weighted by Crippen LogP contribution is -2.37. The van der Waals surface area contributed by atoms with E-state index in [0.29, 0.717) is 0 Å². The van der Waals surface area contributed by atoms with Gasteiger partial charge in [0.1, 0.15) is 42.1 Å². The maximum absolute atomic E-state index is 15.8. The molecule has 3 aromatic rings. The van der Waals surface area contributed by atoms with Crippen molar-refractivity contribution in [3.63, 3.8) is 0 Å². The first-order chi connectivity index (χ1) is 19.8. The van der Waals surface area contributed by atoms with E-state index in [2.05, 4.69) is 19.9 Å². The Balaban J connectivity index is 1.28. The summed E-state index contributed by atoms with van der Waals surface area (Å²) in [5.74, 6) is -0.114. The highest BCUT2D eigenvalue weighted by molar-refractivity contribution is 8.07. The van der Waals surface area contributed by atoms with E-state index in [-0.39, 0.29) is 22.8 Å². The standard InChI is InChI=1S/C19H22F2N8O10P2S/c20-10-13-8(37-18(10)29-6-26-12-15(23)24-5-25-16(12)29)4-35-41(33,42)39-14-7(3-34-40(31,32)38-13)36-17(11(14)21)28-2-1-9(22)27-19(28)30/h1-2,5-8,10-11,13-14,17-18H,3-4H2,(H,31,32)(H,33,42)(H2,22,27,30)(H2,23,24,25)/t7-,8?,10-,11-,13-,14-,17-,18?,41?/m1/s1. The number of imidazole rings is 1. The molecule has 18 nitrogen and oxygen atoms in total. The Bertz CT molecular complexity index is 1670. The third kappa shape index (κ3) is 5.46. The zero-order chi connectivity index (χ0) is 30.0. The molecule has 0 radical (unpaired) electrons. The molecule has 6 heterocycles. The number of rotatable bonds is 2. The van der Waals surface area contributed by atoms with Crippen LogP contribution in [0.15, 0.2) is 29.7 Å². The van der Waals surface area contributed by atoms with Crippen LogP contribution in [-0.2, 0) is 43.9 Å². The van der Waals surface area contributed by atoms with Gasteiger partial charge >= 0.3 is 20.2 Å². The molecule has 10 atom stereocenters. The third-order valence-corrected chi connectivity index (χ3v) is 9.18. The first kappa shape index (κ1) is 29.5. The van der Waals surface area contributed by atoms with E-state index in [0.717, 1.165) is 17.1 Å². The van der Waals surface area contributed by atoms with Gasteiger partial charge in [-0.25, -0.2) is 33.1 Å². The van der Waals surface area contributed by atoms with Gasteiger partial charge in [-0.1, -0.05) is 0 Å². The number of phosphoric acid groups is 1. The van der Waals surface area contributed by atoms with Crippen molar-refractivity contribution in [1.82, 2.24) is 29.1 Å². The van der Waals surface area contributed by atoms with Crippen LogP contribution in [-0.4, -0.2) is 88.8 Å². The predicted octanol–water partition coefficient (Wildman–Crippen LogP) is -0.147. The van der Waals surface area contributed by atoms with Crippen molar-refractivity contribution in [1.29, 1.82) is 0 Å². The highest BCUT2D eigenvalue weighted by Crippen LogP contribution is 2.54. The van der Waals surface area contributed by atoms with Gasteiger partial charge in [-0.2, -0.15) is 4.98 Å². The van der Waals surface area contributed by atoms with Crippen LogP contribution in [0.2, 0.25) is 0 Å². The Morgan fingerprint density at radius 1 is 0.976 bits per heavy atom. The molecule has 3 aromatic heterocycles. The number of anilines is 2. The molecular weight excluding hydrogens is 632 g/mol. The molecule has 0 saturated carbocycles. The summed E-state index contributed by atoms with van der Waals surface area (Å²) in [6.07, 6.45) is -10.7. The maximum atomic E-state index is 15.8. The molecule has 3 fully saturated rings. The van der Waals surface area contributed by atoms with E-state index in [1.165, 1.54) is 17.0 Å². The van der Waals surface area contributed by atoms with Crippen molar-refractivity contribution in [3.8, 4) is 0 Å². The van der Waals surface area contributed by atoms with Crippen molar-refractivity contribution in [2.24, 2.45) is 0 Å². The fourth-order valence-corrected chi connectivity index (χ4v) is 7.13. The second kappa shape index (κ2) is 10.9. The molecular formula is C19H22F2N8O10P2S. The lowest BCUT2D eigenvalue weighted by atomic mass is 10.1. The summed E-state index contributed by atoms with van der Waals surface area (Å²) in [4.78, 5) is 48.9. The van der Waals surface area contributed by atoms with Gasteiger partial charge in [-0.05, 0) is 17.9 Å². The lowest BCUT2D eigenvalue weighted by molar-refractivity contribution is -0.0635. The monoisotopic (exact) mass is 654 g/mol. The van der Waals surface area contributed by atoms with Gasteiger partial charge < -0.3 is 35.3 Å². The number of nitrogens with zero attached hydrogens (tertiary/aromatic N) is 6. The van der Waals surface area contributed by atoms with E-state index in [1.54, 1.807) is 0 Å². The highest BCUT2D eigenvalue weighted by atomic mass is 32.5. The van der Waals surface area contributed by atoms with Gasteiger partial charge in [0.05, 0.1) is 19.5 Å². The summed E-state index contributed by atoms with van der Waals surface area (Å²) < 4.78 is 78.4. The second-order valence-electron chi connectivity index (χ2n) is 9.31. The summed E-state index contributed by atoms with van der Waals surface area (Å²) in [7, 11) is -5.09. The Hall–Kier alpha value is -2.55. The minimum Gasteiger partial charge on any atom is -0.383 e. The maximum Gasteiger partial charge on any atom is 0.472 e. The predicted molar refractivity (Wildman–Crippen MR) is 138 cm³/mol. The van der Waals surface area contributed by atoms with Crippen LogP contribution in [0.3, 0.4) is 0 Å². The fourth-order valence-electron chi connectivity index (χ4n) is 4.74. The van der Waals surface area contributed by atoms with Crippen molar-refractivity contribution >= 4 is 49.1 Å². The summed E-state index contributed by atoms with van der Waals surface area (Å²) >= 11 is 5.04. The fraction of sp³-hybridized carbons (Fsp3) is 0.526. The number of fused-ring (bicyclic) bond motifs is 3. The normalized spacial score (nSPS) is 39.3. The van der Waals surface area contributed by atoms with E-state index in [4.69, 9.17) is 50.8 Å². The number of nitrogen functional groups attached to an aromatic ring is 2. The molecule has 6 rings (SSSR count). The van der Waals surface area contributed by atoms with Gasteiger partial charge in [-0.15, -0.1) is 0 Å². The molecule has 23 heteroatoms. The Morgan fingerprint density at radius 2 is 1.62 bits per heavy atom. The number of phosphoric ester groups is 1. The molecule has 0 aromatic carbocycles. The molecule has 4 unspecified atom stereocenters. The van der Waals surface area contributed by atoms with Crippen LogP contribution in [0.1, 0.15) is 12.5 Å². The van der Waals surface area contributed by atoms with Crippen LogP contribution in [0, 0.1) is 0 Å². The summed E-state index contributed by atoms with van der Waals surface area (Å²) in [6, 6.07) is 1.21. The Morgan fingerprint density at radius 3 is 2.31 bits per heavy atom. The molecule has 3 aliphatic heterocycles. The van der Waals surface area contributed by atoms with Crippen molar-refractivity contribution in [2.75, 3.05) is 24.7 Å². The molecule has 0 spiro atoms. The largest absolute Gasteiger partial charge is 0.472 e. The molecule has 0 aliphatic carbocycles. The first-order valence-electron chi connectivity index (χ1n) is 12.0. The van der Waals surface area contributed by atoms with Gasteiger partial charge in [0.15, 0.2) is 36.3 Å². The molecule has 6 N–H and O–H groups in total. The zero-order valence-electron chi connectivity index (χ0n) is 20.9. The quantitative estimate of drug-likeness (QED) is 0.263. The van der Waals surface area contributed by atoms with E-state index < -0.39 is 82.7 Å². The van der Waals surface area contributed by atoms with Crippen molar-refractivity contribution in [3.05, 3.63) is 35.4 Å². The SMILES string of the molecule is Nc1ccn([C@@H]2O[C@@H]3COP(=O)(O)O[C@@H]4C(COP(O)(=S)O[C@H]3[C@H]2F)OC(n2cnc3c(N)ncnc32)[C@@H]4F)c(=O)n1. The smallest absolute Gasteiger partial charge is 0.383 e. The van der Waals surface area contributed by atoms with Gasteiger partial charge in [-0.3, -0.25) is 22.7 Å². The zero-order valence-corrected chi connectivity index (χ0v) is 23.5.